The van der Waals surface area contributed by atoms with Crippen LogP contribution < -0.4 is 5.32 Å². The molecular formula is C13H23Cl2N5O2. The molecule has 0 spiro atoms. The van der Waals surface area contributed by atoms with E-state index in [1.165, 1.54) is 6.33 Å². The molecule has 2 aliphatic rings. The van der Waals surface area contributed by atoms with E-state index >= 15 is 0 Å². The van der Waals surface area contributed by atoms with E-state index in [1.807, 2.05) is 11.8 Å². The molecule has 0 bridgehead atoms. The molecule has 0 saturated carbocycles. The molecule has 2 fully saturated rings. The van der Waals surface area contributed by atoms with Crippen molar-refractivity contribution in [3.8, 4) is 0 Å². The number of ether oxygens (including phenoxy) is 1. The molecule has 7 nitrogen and oxygen atoms in total. The van der Waals surface area contributed by atoms with Crippen molar-refractivity contribution in [1.29, 1.82) is 0 Å². The van der Waals surface area contributed by atoms with Gasteiger partial charge in [0.2, 0.25) is 5.91 Å². The van der Waals surface area contributed by atoms with Gasteiger partial charge in [0.15, 0.2) is 0 Å². The number of piperidine rings is 1. The molecular weight excluding hydrogens is 329 g/mol. The minimum Gasteiger partial charge on any atom is -0.375 e. The number of rotatable bonds is 2. The van der Waals surface area contributed by atoms with Crippen LogP contribution in [0.1, 0.15) is 31.5 Å². The number of hydrogen-bond acceptors (Lipinski definition) is 5. The summed E-state index contributed by atoms with van der Waals surface area (Å²) in [6.07, 6.45) is 3.50. The quantitative estimate of drug-likeness (QED) is 0.820. The first-order valence-corrected chi connectivity index (χ1v) is 7.24. The van der Waals surface area contributed by atoms with Crippen LogP contribution in [-0.4, -0.2) is 64.4 Å². The van der Waals surface area contributed by atoms with Crippen molar-refractivity contribution >= 4 is 30.7 Å². The predicted molar refractivity (Wildman–Crippen MR) is 86.6 cm³/mol. The van der Waals surface area contributed by atoms with Crippen LogP contribution in [0.5, 0.6) is 0 Å². The first kappa shape index (κ1) is 19.2. The third-order valence-corrected chi connectivity index (χ3v) is 4.14. The molecule has 126 valence electrons. The second kappa shape index (κ2) is 8.67. The van der Waals surface area contributed by atoms with Gasteiger partial charge >= 0.3 is 0 Å². The van der Waals surface area contributed by atoms with Crippen molar-refractivity contribution in [2.45, 2.75) is 37.8 Å². The highest BCUT2D eigenvalue weighted by Gasteiger charge is 2.34. The third-order valence-electron chi connectivity index (χ3n) is 4.14. The van der Waals surface area contributed by atoms with E-state index in [2.05, 4.69) is 20.5 Å². The highest BCUT2D eigenvalue weighted by molar-refractivity contribution is 5.85. The molecule has 1 amide bonds. The lowest BCUT2D eigenvalue weighted by molar-refractivity contribution is -0.140. The number of amides is 1. The van der Waals surface area contributed by atoms with E-state index in [0.29, 0.717) is 13.2 Å². The molecule has 0 radical (unpaired) electrons. The summed E-state index contributed by atoms with van der Waals surface area (Å²) in [4.78, 5) is 18.8. The summed E-state index contributed by atoms with van der Waals surface area (Å²) in [5, 5.41) is 10.1. The van der Waals surface area contributed by atoms with Gasteiger partial charge in [-0.3, -0.25) is 9.89 Å². The summed E-state index contributed by atoms with van der Waals surface area (Å²) in [5.41, 5.74) is 0. The molecule has 1 aromatic heterocycles. The van der Waals surface area contributed by atoms with Crippen LogP contribution in [0, 0.1) is 0 Å². The number of morpholine rings is 1. The standard InChI is InChI=1S/C13H21N5O2.2ClH/c1-9-11(14-4-6-20-9)13(19)18-5-2-3-10(7-18)12-15-8-16-17-12;;/h8-11,14H,2-7H2,1H3,(H,15,16,17);2*1H/t9-,10?,11+;;/m1../s1. The highest BCUT2D eigenvalue weighted by atomic mass is 35.5. The summed E-state index contributed by atoms with van der Waals surface area (Å²) < 4.78 is 5.56. The maximum atomic E-state index is 12.6. The Morgan fingerprint density at radius 3 is 2.95 bits per heavy atom. The molecule has 9 heteroatoms. The number of carbonyl (C=O) groups excluding carboxylic acids is 1. The fourth-order valence-electron chi connectivity index (χ4n) is 3.02. The van der Waals surface area contributed by atoms with Crippen LogP contribution in [0.25, 0.3) is 0 Å². The summed E-state index contributed by atoms with van der Waals surface area (Å²) in [6, 6.07) is -0.225. The van der Waals surface area contributed by atoms with Crippen LogP contribution in [0.2, 0.25) is 0 Å². The molecule has 1 unspecified atom stereocenters. The van der Waals surface area contributed by atoms with Crippen molar-refractivity contribution in [1.82, 2.24) is 25.4 Å². The minimum absolute atomic E-state index is 0. The first-order chi connectivity index (χ1) is 9.75. The maximum Gasteiger partial charge on any atom is 0.242 e. The lowest BCUT2D eigenvalue weighted by Gasteiger charge is -2.37. The summed E-state index contributed by atoms with van der Waals surface area (Å²) >= 11 is 0. The number of aromatic amines is 1. The van der Waals surface area contributed by atoms with Gasteiger partial charge in [0.05, 0.1) is 12.7 Å². The molecule has 1 aromatic rings. The zero-order valence-electron chi connectivity index (χ0n) is 12.5. The van der Waals surface area contributed by atoms with Gasteiger partial charge < -0.3 is 15.0 Å². The maximum absolute atomic E-state index is 12.6. The highest BCUT2D eigenvalue weighted by Crippen LogP contribution is 2.24. The normalized spacial score (nSPS) is 28.4. The fraction of sp³-hybridized carbons (Fsp3) is 0.769. The Bertz CT molecular complexity index is 459. The van der Waals surface area contributed by atoms with Gasteiger partial charge in [-0.1, -0.05) is 0 Å². The average Bonchev–Trinajstić information content (AvgIpc) is 3.01. The Hall–Kier alpha value is -0.890. The molecule has 2 aliphatic heterocycles. The van der Waals surface area contributed by atoms with Gasteiger partial charge in [-0.2, -0.15) is 5.10 Å². The van der Waals surface area contributed by atoms with Crippen LogP contribution in [-0.2, 0) is 9.53 Å². The molecule has 0 aliphatic carbocycles. The topological polar surface area (TPSA) is 83.1 Å². The molecule has 2 N–H and O–H groups in total. The summed E-state index contributed by atoms with van der Waals surface area (Å²) in [7, 11) is 0. The van der Waals surface area contributed by atoms with Crippen LogP contribution >= 0.6 is 24.8 Å². The van der Waals surface area contributed by atoms with Crippen molar-refractivity contribution in [2.75, 3.05) is 26.2 Å². The Labute approximate surface area is 142 Å². The van der Waals surface area contributed by atoms with Gasteiger partial charge in [0.1, 0.15) is 18.2 Å². The molecule has 3 atom stereocenters. The van der Waals surface area contributed by atoms with Crippen molar-refractivity contribution in [2.24, 2.45) is 0 Å². The number of halogens is 2. The minimum atomic E-state index is -0.225. The largest absolute Gasteiger partial charge is 0.375 e. The van der Waals surface area contributed by atoms with E-state index in [4.69, 9.17) is 4.74 Å². The predicted octanol–water partition coefficient (Wildman–Crippen LogP) is 0.731. The second-order valence-electron chi connectivity index (χ2n) is 5.50. The number of likely N-dealkylation sites (tertiary alicyclic amines) is 1. The molecule has 22 heavy (non-hydrogen) atoms. The van der Waals surface area contributed by atoms with Crippen molar-refractivity contribution < 1.29 is 9.53 Å². The SMILES string of the molecule is C[C@H]1OCCN[C@@H]1C(=O)N1CCCC(c2ncn[nH]2)C1.Cl.Cl. The van der Waals surface area contributed by atoms with Crippen LogP contribution in [0.4, 0.5) is 0 Å². The van der Waals surface area contributed by atoms with Gasteiger partial charge in [-0.15, -0.1) is 24.8 Å². The van der Waals surface area contributed by atoms with E-state index in [0.717, 1.165) is 31.8 Å². The number of nitrogens with one attached hydrogen (secondary N) is 2. The zero-order valence-corrected chi connectivity index (χ0v) is 14.2. The number of carbonyl (C=O) groups is 1. The molecule has 3 rings (SSSR count). The van der Waals surface area contributed by atoms with Gasteiger partial charge in [-0.05, 0) is 19.8 Å². The smallest absolute Gasteiger partial charge is 0.242 e. The number of aromatic nitrogens is 3. The van der Waals surface area contributed by atoms with E-state index in [1.54, 1.807) is 0 Å². The second-order valence-corrected chi connectivity index (χ2v) is 5.50. The van der Waals surface area contributed by atoms with E-state index in [9.17, 15) is 4.79 Å². The van der Waals surface area contributed by atoms with Gasteiger partial charge in [-0.25, -0.2) is 4.98 Å². The van der Waals surface area contributed by atoms with Gasteiger partial charge in [0.25, 0.3) is 0 Å². The average molecular weight is 352 g/mol. The third kappa shape index (κ3) is 4.10. The van der Waals surface area contributed by atoms with Crippen molar-refractivity contribution in [3.63, 3.8) is 0 Å². The molecule has 3 heterocycles. The lowest BCUT2D eigenvalue weighted by atomic mass is 9.96. The summed E-state index contributed by atoms with van der Waals surface area (Å²) in [6.45, 7) is 4.88. The Balaban J connectivity index is 0.00000121. The number of nitrogens with zero attached hydrogens (tertiary/aromatic N) is 3. The van der Waals surface area contributed by atoms with Gasteiger partial charge in [0, 0.05) is 25.6 Å². The van der Waals surface area contributed by atoms with Crippen LogP contribution in [0.3, 0.4) is 0 Å². The Morgan fingerprint density at radius 1 is 1.45 bits per heavy atom. The number of hydrogen-bond donors (Lipinski definition) is 2. The van der Waals surface area contributed by atoms with E-state index in [-0.39, 0.29) is 48.8 Å². The number of H-pyrrole nitrogens is 1. The Morgan fingerprint density at radius 2 is 2.27 bits per heavy atom. The lowest BCUT2D eigenvalue weighted by Crippen LogP contribution is -2.57. The molecule has 0 aromatic carbocycles. The Kier molecular flexibility index (Phi) is 7.55. The monoisotopic (exact) mass is 351 g/mol. The van der Waals surface area contributed by atoms with Crippen molar-refractivity contribution in [3.05, 3.63) is 12.2 Å². The summed E-state index contributed by atoms with van der Waals surface area (Å²) in [5.74, 6) is 1.28. The first-order valence-electron chi connectivity index (χ1n) is 7.24. The molecule has 2 saturated heterocycles. The van der Waals surface area contributed by atoms with Crippen LogP contribution in [0.15, 0.2) is 6.33 Å². The fourth-order valence-corrected chi connectivity index (χ4v) is 3.02. The zero-order chi connectivity index (χ0) is 13.9. The van der Waals surface area contributed by atoms with E-state index < -0.39 is 0 Å².